The molecule has 0 aliphatic heterocycles. The molecule has 1 aromatic carbocycles. The van der Waals surface area contributed by atoms with Crippen molar-refractivity contribution in [2.75, 3.05) is 14.2 Å². The highest BCUT2D eigenvalue weighted by molar-refractivity contribution is 5.91. The van der Waals surface area contributed by atoms with Crippen LogP contribution in [0.1, 0.15) is 24.8 Å². The number of allylic oxidation sites excluding steroid dienone is 3. The summed E-state index contributed by atoms with van der Waals surface area (Å²) < 4.78 is 10.6. The number of hydrogen-bond acceptors (Lipinski definition) is 3. The third-order valence-corrected chi connectivity index (χ3v) is 3.87. The second-order valence-corrected chi connectivity index (χ2v) is 5.02. The van der Waals surface area contributed by atoms with Gasteiger partial charge in [-0.15, -0.1) is 6.58 Å². The molecule has 0 fully saturated rings. The molecule has 0 amide bonds. The van der Waals surface area contributed by atoms with Crippen LogP contribution >= 0.6 is 0 Å². The largest absolute Gasteiger partial charge is 0.493 e. The number of carbonyl (C=O) groups is 1. The van der Waals surface area contributed by atoms with Gasteiger partial charge in [-0.05, 0) is 36.6 Å². The summed E-state index contributed by atoms with van der Waals surface area (Å²) >= 11 is 0. The summed E-state index contributed by atoms with van der Waals surface area (Å²) in [4.78, 5) is 11.5. The molecule has 0 spiro atoms. The molecule has 1 aliphatic carbocycles. The van der Waals surface area contributed by atoms with Crippen LogP contribution in [0.3, 0.4) is 0 Å². The Morgan fingerprint density at radius 1 is 1.30 bits per heavy atom. The maximum atomic E-state index is 11.5. The first kappa shape index (κ1) is 14.4. The van der Waals surface area contributed by atoms with Gasteiger partial charge in [0.25, 0.3) is 0 Å². The molecular weight excluding hydrogens is 252 g/mol. The Kier molecular flexibility index (Phi) is 4.28. The fourth-order valence-corrected chi connectivity index (χ4v) is 2.70. The Morgan fingerprint density at radius 3 is 2.60 bits per heavy atom. The van der Waals surface area contributed by atoms with Crippen LogP contribution in [0.5, 0.6) is 11.5 Å². The summed E-state index contributed by atoms with van der Waals surface area (Å²) in [5, 5.41) is 0. The first-order valence-electron chi connectivity index (χ1n) is 6.70. The molecule has 1 aliphatic rings. The van der Waals surface area contributed by atoms with Crippen molar-refractivity contribution in [2.24, 2.45) is 0 Å². The van der Waals surface area contributed by atoms with E-state index in [1.807, 2.05) is 30.4 Å². The number of carbonyl (C=O) groups excluding carboxylic acids is 1. The van der Waals surface area contributed by atoms with Crippen molar-refractivity contribution in [1.29, 1.82) is 0 Å². The van der Waals surface area contributed by atoms with E-state index < -0.39 is 0 Å². The summed E-state index contributed by atoms with van der Waals surface area (Å²) in [6.45, 7) is 3.85. The second-order valence-electron chi connectivity index (χ2n) is 5.02. The quantitative estimate of drug-likeness (QED) is 0.770. The molecule has 20 heavy (non-hydrogen) atoms. The number of ether oxygens (including phenoxy) is 2. The van der Waals surface area contributed by atoms with E-state index in [1.165, 1.54) is 0 Å². The molecule has 0 N–H and O–H groups in total. The molecule has 0 radical (unpaired) electrons. The number of rotatable bonds is 5. The third-order valence-electron chi connectivity index (χ3n) is 3.87. The van der Waals surface area contributed by atoms with Crippen LogP contribution in [-0.2, 0) is 10.2 Å². The Labute approximate surface area is 119 Å². The zero-order valence-electron chi connectivity index (χ0n) is 12.0. The summed E-state index contributed by atoms with van der Waals surface area (Å²) in [6.07, 6.45) is 7.75. The minimum absolute atomic E-state index is 0.171. The normalized spacial score (nSPS) is 21.6. The first-order valence-corrected chi connectivity index (χ1v) is 6.70. The topological polar surface area (TPSA) is 35.5 Å². The Morgan fingerprint density at radius 2 is 2.05 bits per heavy atom. The molecule has 3 nitrogen and oxygen atoms in total. The van der Waals surface area contributed by atoms with Crippen LogP contribution in [-0.4, -0.2) is 20.0 Å². The Bertz CT molecular complexity index is 545. The molecule has 2 rings (SSSR count). The van der Waals surface area contributed by atoms with Gasteiger partial charge in [-0.1, -0.05) is 18.2 Å². The van der Waals surface area contributed by atoms with Crippen LogP contribution in [0.2, 0.25) is 0 Å². The molecule has 1 unspecified atom stereocenters. The molecule has 3 heteroatoms. The molecule has 1 aromatic rings. The maximum Gasteiger partial charge on any atom is 0.161 e. The van der Waals surface area contributed by atoms with Gasteiger partial charge in [-0.2, -0.15) is 0 Å². The van der Waals surface area contributed by atoms with E-state index in [0.717, 1.165) is 18.4 Å². The summed E-state index contributed by atoms with van der Waals surface area (Å²) in [7, 11) is 3.25. The third kappa shape index (κ3) is 2.62. The van der Waals surface area contributed by atoms with Crippen molar-refractivity contribution in [2.45, 2.75) is 24.7 Å². The van der Waals surface area contributed by atoms with Gasteiger partial charge in [-0.3, -0.25) is 4.79 Å². The zero-order valence-corrected chi connectivity index (χ0v) is 12.0. The molecule has 0 saturated carbocycles. The Balaban J connectivity index is 2.47. The van der Waals surface area contributed by atoms with Crippen molar-refractivity contribution in [1.82, 2.24) is 0 Å². The molecular formula is C17H20O3. The number of methoxy groups -OCH3 is 2. The van der Waals surface area contributed by atoms with Crippen molar-refractivity contribution in [3.8, 4) is 11.5 Å². The van der Waals surface area contributed by atoms with Crippen LogP contribution in [0, 0.1) is 0 Å². The van der Waals surface area contributed by atoms with Crippen molar-refractivity contribution in [3.63, 3.8) is 0 Å². The van der Waals surface area contributed by atoms with Gasteiger partial charge < -0.3 is 9.47 Å². The smallest absolute Gasteiger partial charge is 0.161 e. The van der Waals surface area contributed by atoms with E-state index in [4.69, 9.17) is 9.47 Å². The van der Waals surface area contributed by atoms with Crippen molar-refractivity contribution in [3.05, 3.63) is 48.6 Å². The number of ketones is 1. The maximum absolute atomic E-state index is 11.5. The predicted molar refractivity (Wildman–Crippen MR) is 79.4 cm³/mol. The summed E-state index contributed by atoms with van der Waals surface area (Å²) in [5.74, 6) is 1.60. The fourth-order valence-electron chi connectivity index (χ4n) is 2.70. The molecule has 0 aromatic heterocycles. The van der Waals surface area contributed by atoms with E-state index >= 15 is 0 Å². The predicted octanol–water partition coefficient (Wildman–Crippen LogP) is 3.44. The standard InChI is InChI=1S/C17H20O3/c1-4-9-17(10-7-14(18)8-11-17)13-5-6-15(19-2)16(12-13)20-3/h4-7,10,12H,1,8-9,11H2,2-3H3. The van der Waals surface area contributed by atoms with Crippen LogP contribution in [0.25, 0.3) is 0 Å². The Hall–Kier alpha value is -2.03. The average Bonchev–Trinajstić information content (AvgIpc) is 2.49. The van der Waals surface area contributed by atoms with Crippen molar-refractivity contribution < 1.29 is 14.3 Å². The van der Waals surface area contributed by atoms with Crippen LogP contribution in [0.15, 0.2) is 43.0 Å². The van der Waals surface area contributed by atoms with Gasteiger partial charge in [0, 0.05) is 11.8 Å². The van der Waals surface area contributed by atoms with Gasteiger partial charge >= 0.3 is 0 Å². The SMILES string of the molecule is C=CCC1(c2ccc(OC)c(OC)c2)C=CC(=O)CC1. The minimum Gasteiger partial charge on any atom is -0.493 e. The van der Waals surface area contributed by atoms with Gasteiger partial charge in [0.1, 0.15) is 0 Å². The van der Waals surface area contributed by atoms with E-state index in [9.17, 15) is 4.79 Å². The molecule has 106 valence electrons. The van der Waals surface area contributed by atoms with Crippen LogP contribution in [0.4, 0.5) is 0 Å². The highest BCUT2D eigenvalue weighted by Gasteiger charge is 2.32. The second kappa shape index (κ2) is 5.95. The fraction of sp³-hybridized carbons (Fsp3) is 0.353. The van der Waals surface area contributed by atoms with Gasteiger partial charge in [0.15, 0.2) is 17.3 Å². The van der Waals surface area contributed by atoms with Crippen LogP contribution < -0.4 is 9.47 Å². The van der Waals surface area contributed by atoms with Crippen molar-refractivity contribution >= 4 is 5.78 Å². The average molecular weight is 272 g/mol. The summed E-state index contributed by atoms with van der Waals surface area (Å²) in [6, 6.07) is 5.93. The zero-order chi connectivity index (χ0) is 14.6. The van der Waals surface area contributed by atoms with E-state index in [-0.39, 0.29) is 11.2 Å². The number of benzene rings is 1. The summed E-state index contributed by atoms with van der Waals surface area (Å²) in [5.41, 5.74) is 0.952. The lowest BCUT2D eigenvalue weighted by atomic mass is 9.71. The highest BCUT2D eigenvalue weighted by atomic mass is 16.5. The molecule has 1 atom stereocenters. The molecule has 0 bridgehead atoms. The lowest BCUT2D eigenvalue weighted by Gasteiger charge is -2.33. The van der Waals surface area contributed by atoms with Gasteiger partial charge in [-0.25, -0.2) is 0 Å². The molecule has 0 heterocycles. The lowest BCUT2D eigenvalue weighted by Crippen LogP contribution is -2.27. The van der Waals surface area contributed by atoms with Gasteiger partial charge in [0.05, 0.1) is 14.2 Å². The first-order chi connectivity index (χ1) is 9.65. The van der Waals surface area contributed by atoms with E-state index in [0.29, 0.717) is 17.9 Å². The molecule has 0 saturated heterocycles. The lowest BCUT2D eigenvalue weighted by molar-refractivity contribution is -0.115. The van der Waals surface area contributed by atoms with E-state index in [2.05, 4.69) is 6.58 Å². The monoisotopic (exact) mass is 272 g/mol. The highest BCUT2D eigenvalue weighted by Crippen LogP contribution is 2.41. The van der Waals surface area contributed by atoms with Gasteiger partial charge in [0.2, 0.25) is 0 Å². The number of hydrogen-bond donors (Lipinski definition) is 0. The minimum atomic E-state index is -0.171. The van der Waals surface area contributed by atoms with E-state index in [1.54, 1.807) is 20.3 Å².